The van der Waals surface area contributed by atoms with Crippen molar-refractivity contribution in [2.24, 2.45) is 22.6 Å². The van der Waals surface area contributed by atoms with Crippen LogP contribution in [0.25, 0.3) is 0 Å². The van der Waals surface area contributed by atoms with Crippen LogP contribution in [0.1, 0.15) is 71.6 Å². The van der Waals surface area contributed by atoms with E-state index in [1.54, 1.807) is 0 Å². The number of rotatable bonds is 9. The second-order valence-electron chi connectivity index (χ2n) is 11.6. The minimum atomic E-state index is -1.06. The van der Waals surface area contributed by atoms with Crippen molar-refractivity contribution in [1.82, 2.24) is 20.0 Å². The lowest BCUT2D eigenvalue weighted by atomic mass is 9.87. The molecule has 40 heavy (non-hydrogen) atoms. The third kappa shape index (κ3) is 9.93. The molecule has 12 heteroatoms. The van der Waals surface area contributed by atoms with Gasteiger partial charge in [-0.1, -0.05) is 46.0 Å². The minimum Gasteiger partial charge on any atom is -0.448 e. The van der Waals surface area contributed by atoms with Crippen LogP contribution in [0.5, 0.6) is 0 Å². The number of hydrogen-bond donors (Lipinski definition) is 2. The highest BCUT2D eigenvalue weighted by Gasteiger charge is 2.39. The lowest BCUT2D eigenvalue weighted by molar-refractivity contribution is -0.118. The summed E-state index contributed by atoms with van der Waals surface area (Å²) in [7, 11) is 0. The van der Waals surface area contributed by atoms with Crippen LogP contribution < -0.4 is 11.1 Å². The van der Waals surface area contributed by atoms with Gasteiger partial charge in [-0.25, -0.2) is 9.59 Å². The van der Waals surface area contributed by atoms with Gasteiger partial charge in [0.25, 0.3) is 0 Å². The van der Waals surface area contributed by atoms with Gasteiger partial charge in [0, 0.05) is 45.7 Å². The Morgan fingerprint density at radius 3 is 2.42 bits per heavy atom. The number of likely N-dealkylation sites (tertiary alicyclic amines) is 1. The summed E-state index contributed by atoms with van der Waals surface area (Å²) < 4.78 is 10.9. The molecule has 3 N–H and O–H groups in total. The third-order valence-corrected chi connectivity index (χ3v) is 7.94. The standard InChI is InChI=1S/C28H47N7O5/c1-22(2)20-40-27(38)31-25(34-16-18-39-19-17-34)35(13-8-23-6-4-3-5-7-23)26(37)32-28(21-29)10-14-33(15-11-28)12-9-24(30)36/h22-23H,3-20H2,1-2H3,(H2,30,36)(H,32,37). The summed E-state index contributed by atoms with van der Waals surface area (Å²) in [6.45, 7) is 8.07. The lowest BCUT2D eigenvalue weighted by Crippen LogP contribution is -2.61. The molecule has 0 unspecified atom stereocenters. The molecule has 0 bridgehead atoms. The summed E-state index contributed by atoms with van der Waals surface area (Å²) in [5.74, 6) is 0.542. The zero-order valence-electron chi connectivity index (χ0n) is 24.2. The maximum atomic E-state index is 14.0. The number of carbonyl (C=O) groups excluding carboxylic acids is 3. The molecule has 2 saturated heterocycles. The number of ether oxygens (including phenoxy) is 2. The summed E-state index contributed by atoms with van der Waals surface area (Å²) in [5, 5.41) is 13.2. The molecule has 1 aliphatic carbocycles. The van der Waals surface area contributed by atoms with Gasteiger partial charge >= 0.3 is 12.1 Å². The first-order valence-electron chi connectivity index (χ1n) is 14.8. The van der Waals surface area contributed by atoms with E-state index < -0.39 is 17.7 Å². The molecule has 0 aromatic rings. The minimum absolute atomic E-state index is 0.154. The normalized spacial score (nSPS) is 20.6. The fraction of sp³-hybridized carbons (Fsp3) is 0.821. The van der Waals surface area contributed by atoms with Crippen molar-refractivity contribution in [2.75, 3.05) is 59.1 Å². The number of primary amides is 1. The number of urea groups is 1. The van der Waals surface area contributed by atoms with Gasteiger partial charge in [0.05, 0.1) is 25.9 Å². The van der Waals surface area contributed by atoms with E-state index in [2.05, 4.69) is 21.3 Å². The quantitative estimate of drug-likeness (QED) is 0.322. The van der Waals surface area contributed by atoms with Crippen molar-refractivity contribution in [3.05, 3.63) is 0 Å². The van der Waals surface area contributed by atoms with Crippen molar-refractivity contribution in [3.63, 3.8) is 0 Å². The topological polar surface area (TPSA) is 154 Å². The van der Waals surface area contributed by atoms with Crippen molar-refractivity contribution >= 4 is 24.0 Å². The van der Waals surface area contributed by atoms with Crippen LogP contribution in [0.3, 0.4) is 0 Å². The summed E-state index contributed by atoms with van der Waals surface area (Å²) in [6.07, 6.45) is 7.02. The van der Waals surface area contributed by atoms with E-state index in [4.69, 9.17) is 15.2 Å². The van der Waals surface area contributed by atoms with E-state index in [-0.39, 0.29) is 30.8 Å². The molecule has 2 heterocycles. The second kappa shape index (κ2) is 15.8. The molecule has 0 radical (unpaired) electrons. The van der Waals surface area contributed by atoms with Crippen LogP contribution in [0.15, 0.2) is 4.99 Å². The van der Waals surface area contributed by atoms with Gasteiger partial charge in [0.15, 0.2) is 0 Å². The molecule has 3 fully saturated rings. The molecule has 1 saturated carbocycles. The molecule has 4 amide bonds. The van der Waals surface area contributed by atoms with Crippen molar-refractivity contribution in [2.45, 2.75) is 77.2 Å². The SMILES string of the molecule is CC(C)COC(=O)N=C(N1CCOCC1)N(CCC1CCCCC1)C(=O)NC1(C#N)CCN(CCC(N)=O)CC1. The predicted molar refractivity (Wildman–Crippen MR) is 150 cm³/mol. The second-order valence-corrected chi connectivity index (χ2v) is 11.6. The van der Waals surface area contributed by atoms with E-state index in [1.165, 1.54) is 24.2 Å². The smallest absolute Gasteiger partial charge is 0.436 e. The molecule has 2 aliphatic heterocycles. The lowest BCUT2D eigenvalue weighted by Gasteiger charge is -2.40. The summed E-state index contributed by atoms with van der Waals surface area (Å²) in [6, 6.07) is 1.90. The van der Waals surface area contributed by atoms with Crippen molar-refractivity contribution in [3.8, 4) is 6.07 Å². The number of morpholine rings is 1. The first-order valence-corrected chi connectivity index (χ1v) is 14.8. The molecule has 3 rings (SSSR count). The Hall–Kier alpha value is -2.91. The van der Waals surface area contributed by atoms with Gasteiger partial charge in [-0.15, -0.1) is 4.99 Å². The number of piperidine rings is 1. The maximum absolute atomic E-state index is 14.0. The number of amides is 4. The fourth-order valence-electron chi connectivity index (χ4n) is 5.46. The van der Waals surface area contributed by atoms with Crippen LogP contribution in [-0.4, -0.2) is 103 Å². The molecule has 12 nitrogen and oxygen atoms in total. The first kappa shape index (κ1) is 31.6. The number of nitrogens with two attached hydrogens (primary N) is 1. The number of nitriles is 1. The highest BCUT2D eigenvalue weighted by molar-refractivity contribution is 6.00. The van der Waals surface area contributed by atoms with E-state index in [9.17, 15) is 19.6 Å². The van der Waals surface area contributed by atoms with Gasteiger partial charge in [0.2, 0.25) is 11.9 Å². The van der Waals surface area contributed by atoms with Gasteiger partial charge in [-0.05, 0) is 31.1 Å². The van der Waals surface area contributed by atoms with Gasteiger partial charge in [0.1, 0.15) is 5.54 Å². The van der Waals surface area contributed by atoms with Crippen LogP contribution >= 0.6 is 0 Å². The maximum Gasteiger partial charge on any atom is 0.436 e. The largest absolute Gasteiger partial charge is 0.448 e. The molecular formula is C28H47N7O5. The number of nitrogens with one attached hydrogen (secondary N) is 1. The van der Waals surface area contributed by atoms with E-state index in [1.807, 2.05) is 18.7 Å². The summed E-state index contributed by atoms with van der Waals surface area (Å²) >= 11 is 0. The Labute approximate surface area is 238 Å². The van der Waals surface area contributed by atoms with Gasteiger partial charge in [-0.3, -0.25) is 9.69 Å². The average molecular weight is 562 g/mol. The Bertz CT molecular complexity index is 914. The Balaban J connectivity index is 1.81. The number of aliphatic imine (C=N–C) groups is 1. The van der Waals surface area contributed by atoms with E-state index in [0.717, 1.165) is 19.3 Å². The monoisotopic (exact) mass is 561 g/mol. The van der Waals surface area contributed by atoms with Crippen molar-refractivity contribution in [1.29, 1.82) is 5.26 Å². The number of guanidine groups is 1. The van der Waals surface area contributed by atoms with Gasteiger partial charge < -0.3 is 30.3 Å². The van der Waals surface area contributed by atoms with Gasteiger partial charge in [-0.2, -0.15) is 5.26 Å². The Morgan fingerprint density at radius 1 is 1.15 bits per heavy atom. The molecule has 0 aromatic heterocycles. The zero-order chi connectivity index (χ0) is 29.0. The molecule has 0 spiro atoms. The number of hydrogen-bond acceptors (Lipinski definition) is 7. The number of nitrogens with zero attached hydrogens (tertiary/aromatic N) is 5. The predicted octanol–water partition coefficient (Wildman–Crippen LogP) is 2.68. The summed E-state index contributed by atoms with van der Waals surface area (Å²) in [4.78, 5) is 47.8. The molecule has 0 atom stereocenters. The highest BCUT2D eigenvalue weighted by Crippen LogP contribution is 2.27. The van der Waals surface area contributed by atoms with Crippen molar-refractivity contribution < 1.29 is 23.9 Å². The van der Waals surface area contributed by atoms with E-state index >= 15 is 0 Å². The van der Waals surface area contributed by atoms with Crippen LogP contribution in [0.2, 0.25) is 0 Å². The molecule has 3 aliphatic rings. The Kier molecular flexibility index (Phi) is 12.5. The van der Waals surface area contributed by atoms with E-state index in [0.29, 0.717) is 71.2 Å². The number of carbonyl (C=O) groups is 3. The fourth-order valence-corrected chi connectivity index (χ4v) is 5.46. The van der Waals surface area contributed by atoms with Crippen LogP contribution in [0, 0.1) is 23.2 Å². The molecule has 224 valence electrons. The van der Waals surface area contributed by atoms with Crippen LogP contribution in [-0.2, 0) is 14.3 Å². The third-order valence-electron chi connectivity index (χ3n) is 7.94. The zero-order valence-corrected chi connectivity index (χ0v) is 24.2. The summed E-state index contributed by atoms with van der Waals surface area (Å²) in [5.41, 5.74) is 4.23. The van der Waals surface area contributed by atoms with Crippen LogP contribution in [0.4, 0.5) is 9.59 Å². The Morgan fingerprint density at radius 2 is 1.82 bits per heavy atom. The first-order chi connectivity index (χ1) is 19.2. The average Bonchev–Trinajstić information content (AvgIpc) is 2.96. The molecular weight excluding hydrogens is 514 g/mol. The highest BCUT2D eigenvalue weighted by atomic mass is 16.5. The molecule has 0 aromatic carbocycles.